The summed E-state index contributed by atoms with van der Waals surface area (Å²) >= 11 is 0. The average Bonchev–Trinajstić information content (AvgIpc) is 2.72. The van der Waals surface area contributed by atoms with Gasteiger partial charge < -0.3 is 4.74 Å². The fraction of sp³-hybridized carbons (Fsp3) is 0.364. The Kier molecular flexibility index (Phi) is 2.77. The van der Waals surface area contributed by atoms with Crippen LogP contribution in [0.3, 0.4) is 0 Å². The molecule has 0 amide bonds. The van der Waals surface area contributed by atoms with Crippen molar-refractivity contribution in [2.75, 3.05) is 13.2 Å². The molecular formula is C11H13N2O. The molecule has 73 valence electrons. The Morgan fingerprint density at radius 1 is 1.43 bits per heavy atom. The van der Waals surface area contributed by atoms with E-state index in [1.54, 1.807) is 12.4 Å². The SMILES string of the molecule is [CH2]C(Cc1ccncc1)C1=NCCO1. The lowest BCUT2D eigenvalue weighted by atomic mass is 10.0. The molecular weight excluding hydrogens is 176 g/mol. The van der Waals surface area contributed by atoms with E-state index in [1.807, 2.05) is 12.1 Å². The normalized spacial score (nSPS) is 17.4. The van der Waals surface area contributed by atoms with Crippen molar-refractivity contribution in [2.45, 2.75) is 6.42 Å². The third-order valence-corrected chi connectivity index (χ3v) is 2.19. The van der Waals surface area contributed by atoms with E-state index in [1.165, 1.54) is 5.56 Å². The highest BCUT2D eigenvalue weighted by Crippen LogP contribution is 2.12. The van der Waals surface area contributed by atoms with Crippen LogP contribution in [0, 0.1) is 12.8 Å². The lowest BCUT2D eigenvalue weighted by Crippen LogP contribution is -2.14. The predicted molar refractivity (Wildman–Crippen MR) is 55.0 cm³/mol. The van der Waals surface area contributed by atoms with Crippen LogP contribution >= 0.6 is 0 Å². The zero-order chi connectivity index (χ0) is 9.80. The maximum Gasteiger partial charge on any atom is 0.186 e. The number of hydrogen-bond acceptors (Lipinski definition) is 3. The Bertz CT molecular complexity index is 321. The molecule has 0 N–H and O–H groups in total. The molecule has 0 saturated carbocycles. The van der Waals surface area contributed by atoms with Gasteiger partial charge in [0.1, 0.15) is 6.61 Å². The second-order valence-electron chi connectivity index (χ2n) is 3.32. The maximum atomic E-state index is 5.36. The van der Waals surface area contributed by atoms with Gasteiger partial charge in [0, 0.05) is 18.3 Å². The molecule has 2 rings (SSSR count). The smallest absolute Gasteiger partial charge is 0.186 e. The van der Waals surface area contributed by atoms with Crippen LogP contribution in [0.4, 0.5) is 0 Å². The number of nitrogens with zero attached hydrogens (tertiary/aromatic N) is 2. The molecule has 2 heterocycles. The molecule has 3 heteroatoms. The minimum Gasteiger partial charge on any atom is -0.479 e. The van der Waals surface area contributed by atoms with Crippen molar-refractivity contribution in [3.8, 4) is 0 Å². The molecule has 1 aliphatic heterocycles. The van der Waals surface area contributed by atoms with Gasteiger partial charge >= 0.3 is 0 Å². The van der Waals surface area contributed by atoms with Crippen LogP contribution < -0.4 is 0 Å². The number of ether oxygens (including phenoxy) is 1. The molecule has 0 aromatic carbocycles. The fourth-order valence-electron chi connectivity index (χ4n) is 1.49. The molecule has 0 bridgehead atoms. The van der Waals surface area contributed by atoms with E-state index in [2.05, 4.69) is 16.9 Å². The monoisotopic (exact) mass is 189 g/mol. The third-order valence-electron chi connectivity index (χ3n) is 2.19. The Hall–Kier alpha value is -1.38. The topological polar surface area (TPSA) is 34.5 Å². The van der Waals surface area contributed by atoms with Crippen molar-refractivity contribution in [1.82, 2.24) is 4.98 Å². The van der Waals surface area contributed by atoms with Gasteiger partial charge in [0.25, 0.3) is 0 Å². The van der Waals surface area contributed by atoms with Crippen molar-refractivity contribution < 1.29 is 4.74 Å². The number of hydrogen-bond donors (Lipinski definition) is 0. The highest BCUT2D eigenvalue weighted by Gasteiger charge is 2.16. The highest BCUT2D eigenvalue weighted by molar-refractivity contribution is 5.80. The first kappa shape index (κ1) is 9.19. The molecule has 1 aromatic heterocycles. The molecule has 0 spiro atoms. The van der Waals surface area contributed by atoms with Gasteiger partial charge in [0.05, 0.1) is 6.54 Å². The van der Waals surface area contributed by atoms with Crippen molar-refractivity contribution in [3.63, 3.8) is 0 Å². The summed E-state index contributed by atoms with van der Waals surface area (Å²) in [4.78, 5) is 8.22. The zero-order valence-electron chi connectivity index (χ0n) is 8.02. The number of aliphatic imine (C=N–C) groups is 1. The summed E-state index contributed by atoms with van der Waals surface area (Å²) in [6, 6.07) is 3.99. The maximum absolute atomic E-state index is 5.36. The van der Waals surface area contributed by atoms with Crippen LogP contribution in [0.1, 0.15) is 5.56 Å². The molecule has 1 aliphatic rings. The second kappa shape index (κ2) is 4.22. The molecule has 3 nitrogen and oxygen atoms in total. The van der Waals surface area contributed by atoms with E-state index in [0.717, 1.165) is 18.9 Å². The molecule has 0 aliphatic carbocycles. The van der Waals surface area contributed by atoms with Crippen molar-refractivity contribution in [3.05, 3.63) is 37.0 Å². The molecule has 0 fully saturated rings. The quantitative estimate of drug-likeness (QED) is 0.722. The van der Waals surface area contributed by atoms with Crippen LogP contribution in [-0.4, -0.2) is 24.0 Å². The van der Waals surface area contributed by atoms with Gasteiger partial charge in [-0.25, -0.2) is 0 Å². The van der Waals surface area contributed by atoms with Crippen LogP contribution in [0.5, 0.6) is 0 Å². The molecule has 1 radical (unpaired) electrons. The molecule has 0 saturated heterocycles. The Labute approximate surface area is 83.8 Å². The first-order chi connectivity index (χ1) is 6.86. The van der Waals surface area contributed by atoms with Crippen LogP contribution in [0.2, 0.25) is 0 Å². The lowest BCUT2D eigenvalue weighted by Gasteiger charge is -2.10. The van der Waals surface area contributed by atoms with Gasteiger partial charge in [-0.2, -0.15) is 0 Å². The second-order valence-corrected chi connectivity index (χ2v) is 3.32. The van der Waals surface area contributed by atoms with Gasteiger partial charge in [-0.3, -0.25) is 9.98 Å². The summed E-state index contributed by atoms with van der Waals surface area (Å²) < 4.78 is 5.36. The minimum absolute atomic E-state index is 0.125. The molecule has 14 heavy (non-hydrogen) atoms. The van der Waals surface area contributed by atoms with E-state index >= 15 is 0 Å². The van der Waals surface area contributed by atoms with E-state index in [-0.39, 0.29) is 5.92 Å². The third kappa shape index (κ3) is 2.10. The van der Waals surface area contributed by atoms with E-state index in [0.29, 0.717) is 6.61 Å². The Morgan fingerprint density at radius 2 is 2.21 bits per heavy atom. The van der Waals surface area contributed by atoms with E-state index < -0.39 is 0 Å². The number of pyridine rings is 1. The largest absolute Gasteiger partial charge is 0.479 e. The van der Waals surface area contributed by atoms with Crippen LogP contribution in [-0.2, 0) is 11.2 Å². The van der Waals surface area contributed by atoms with E-state index in [9.17, 15) is 0 Å². The highest BCUT2D eigenvalue weighted by atomic mass is 16.5. The summed E-state index contributed by atoms with van der Waals surface area (Å²) in [6.45, 7) is 5.52. The zero-order valence-corrected chi connectivity index (χ0v) is 8.02. The van der Waals surface area contributed by atoms with Gasteiger partial charge in [-0.1, -0.05) is 0 Å². The van der Waals surface area contributed by atoms with E-state index in [4.69, 9.17) is 4.74 Å². The first-order valence-electron chi connectivity index (χ1n) is 4.75. The van der Waals surface area contributed by atoms with Crippen LogP contribution in [0.15, 0.2) is 29.5 Å². The predicted octanol–water partition coefficient (Wildman–Crippen LogP) is 1.50. The number of aromatic nitrogens is 1. The minimum atomic E-state index is 0.125. The van der Waals surface area contributed by atoms with Crippen molar-refractivity contribution >= 4 is 5.90 Å². The van der Waals surface area contributed by atoms with Gasteiger partial charge in [-0.05, 0) is 31.0 Å². The summed E-state index contributed by atoms with van der Waals surface area (Å²) in [5.41, 5.74) is 1.22. The first-order valence-corrected chi connectivity index (χ1v) is 4.75. The average molecular weight is 189 g/mol. The lowest BCUT2D eigenvalue weighted by molar-refractivity contribution is 0.328. The Morgan fingerprint density at radius 3 is 2.86 bits per heavy atom. The fourth-order valence-corrected chi connectivity index (χ4v) is 1.49. The van der Waals surface area contributed by atoms with Gasteiger partial charge in [0.2, 0.25) is 0 Å². The summed E-state index contributed by atoms with van der Waals surface area (Å²) in [6.07, 6.45) is 4.44. The molecule has 1 aromatic rings. The van der Waals surface area contributed by atoms with Gasteiger partial charge in [-0.15, -0.1) is 0 Å². The summed E-state index contributed by atoms with van der Waals surface area (Å²) in [7, 11) is 0. The van der Waals surface area contributed by atoms with Crippen molar-refractivity contribution in [2.24, 2.45) is 10.9 Å². The van der Waals surface area contributed by atoms with Gasteiger partial charge in [0.15, 0.2) is 5.90 Å². The van der Waals surface area contributed by atoms with Crippen molar-refractivity contribution in [1.29, 1.82) is 0 Å². The molecule has 1 atom stereocenters. The molecule has 1 unspecified atom stereocenters. The standard InChI is InChI=1S/C11H13N2O/c1-9(11-13-6-7-14-11)8-10-2-4-12-5-3-10/h2-5,9H,1,6-8H2. The summed E-state index contributed by atoms with van der Waals surface area (Å²) in [5, 5.41) is 0. The summed E-state index contributed by atoms with van der Waals surface area (Å²) in [5.74, 6) is 0.918. The van der Waals surface area contributed by atoms with Crippen LogP contribution in [0.25, 0.3) is 0 Å². The number of rotatable bonds is 3. The Balaban J connectivity index is 1.97.